The average molecular weight is 381 g/mol. The molecule has 0 aliphatic heterocycles. The molecule has 1 fully saturated rings. The van der Waals surface area contributed by atoms with E-state index in [1.807, 2.05) is 0 Å². The van der Waals surface area contributed by atoms with Gasteiger partial charge in [0.25, 0.3) is 0 Å². The van der Waals surface area contributed by atoms with Crippen molar-refractivity contribution >= 4 is 0 Å². The first-order valence-electron chi connectivity index (χ1n) is 13.0. The lowest BCUT2D eigenvalue weighted by Gasteiger charge is -2.23. The SMILES string of the molecule is CCCCCCCCCCC1CCCCCCCCCCCCCCC1O. The van der Waals surface area contributed by atoms with Crippen LogP contribution in [0.15, 0.2) is 0 Å². The van der Waals surface area contributed by atoms with Crippen LogP contribution in [0.4, 0.5) is 0 Å². The minimum atomic E-state index is -0.0255. The zero-order valence-corrected chi connectivity index (χ0v) is 18.9. The average Bonchev–Trinajstić information content (AvgIpc) is 2.67. The fraction of sp³-hybridized carbons (Fsp3) is 1.00. The third kappa shape index (κ3) is 15.5. The van der Waals surface area contributed by atoms with Crippen LogP contribution >= 0.6 is 0 Å². The van der Waals surface area contributed by atoms with Crippen LogP contribution in [-0.2, 0) is 0 Å². The van der Waals surface area contributed by atoms with Crippen LogP contribution in [0, 0.1) is 5.92 Å². The lowest BCUT2D eigenvalue weighted by molar-refractivity contribution is 0.0829. The minimum absolute atomic E-state index is 0.0255. The van der Waals surface area contributed by atoms with Gasteiger partial charge in [-0.05, 0) is 25.2 Å². The van der Waals surface area contributed by atoms with E-state index >= 15 is 0 Å². The van der Waals surface area contributed by atoms with E-state index in [2.05, 4.69) is 6.92 Å². The molecule has 2 atom stereocenters. The van der Waals surface area contributed by atoms with Crippen molar-refractivity contribution in [3.05, 3.63) is 0 Å². The molecule has 1 saturated carbocycles. The number of aliphatic hydroxyl groups excluding tert-OH is 1. The molecule has 1 aliphatic rings. The van der Waals surface area contributed by atoms with E-state index in [-0.39, 0.29) is 6.10 Å². The van der Waals surface area contributed by atoms with Gasteiger partial charge in [-0.2, -0.15) is 0 Å². The lowest BCUT2D eigenvalue weighted by Crippen LogP contribution is -2.20. The summed E-state index contributed by atoms with van der Waals surface area (Å²) in [5, 5.41) is 10.8. The first-order valence-corrected chi connectivity index (χ1v) is 13.0. The van der Waals surface area contributed by atoms with Gasteiger partial charge in [-0.3, -0.25) is 0 Å². The predicted molar refractivity (Wildman–Crippen MR) is 121 cm³/mol. The molecule has 27 heavy (non-hydrogen) atoms. The molecule has 1 nitrogen and oxygen atoms in total. The van der Waals surface area contributed by atoms with Gasteiger partial charge >= 0.3 is 0 Å². The Hall–Kier alpha value is -0.0400. The van der Waals surface area contributed by atoms with Crippen molar-refractivity contribution < 1.29 is 5.11 Å². The Labute approximate surface area is 172 Å². The summed E-state index contributed by atoms with van der Waals surface area (Å²) in [6.45, 7) is 2.29. The van der Waals surface area contributed by atoms with E-state index in [1.165, 1.54) is 141 Å². The second-order valence-corrected chi connectivity index (χ2v) is 9.41. The van der Waals surface area contributed by atoms with Gasteiger partial charge in [0.15, 0.2) is 0 Å². The quantitative estimate of drug-likeness (QED) is 0.396. The van der Waals surface area contributed by atoms with Crippen LogP contribution in [0.5, 0.6) is 0 Å². The standard InChI is InChI=1S/C26H52O/c1-2-3-4-5-6-13-16-19-22-25-23-20-17-14-11-9-7-8-10-12-15-18-21-24-26(25)27/h25-27H,2-24H2,1H3. The Morgan fingerprint density at radius 1 is 0.519 bits per heavy atom. The molecule has 0 aromatic carbocycles. The number of aliphatic hydroxyl groups is 1. The van der Waals surface area contributed by atoms with Crippen molar-refractivity contribution in [1.82, 2.24) is 0 Å². The second kappa shape index (κ2) is 19.3. The maximum Gasteiger partial charge on any atom is 0.0568 e. The molecule has 2 unspecified atom stereocenters. The van der Waals surface area contributed by atoms with Crippen molar-refractivity contribution in [3.63, 3.8) is 0 Å². The summed E-state index contributed by atoms with van der Waals surface area (Å²) in [6, 6.07) is 0. The Balaban J connectivity index is 2.22. The minimum Gasteiger partial charge on any atom is -0.393 e. The maximum absolute atomic E-state index is 10.8. The molecule has 162 valence electrons. The molecule has 0 amide bonds. The van der Waals surface area contributed by atoms with Crippen LogP contribution in [0.3, 0.4) is 0 Å². The van der Waals surface area contributed by atoms with Crippen LogP contribution < -0.4 is 0 Å². The summed E-state index contributed by atoms with van der Waals surface area (Å²) in [5.41, 5.74) is 0. The van der Waals surface area contributed by atoms with Crippen LogP contribution in [0.1, 0.15) is 155 Å². The number of hydrogen-bond donors (Lipinski definition) is 1. The molecule has 0 radical (unpaired) electrons. The lowest BCUT2D eigenvalue weighted by atomic mass is 9.87. The summed E-state index contributed by atoms with van der Waals surface area (Å²) in [6.07, 6.45) is 31.5. The topological polar surface area (TPSA) is 20.2 Å². The second-order valence-electron chi connectivity index (χ2n) is 9.41. The van der Waals surface area contributed by atoms with Crippen molar-refractivity contribution in [2.75, 3.05) is 0 Å². The molecular weight excluding hydrogens is 328 g/mol. The van der Waals surface area contributed by atoms with Gasteiger partial charge < -0.3 is 5.11 Å². The number of rotatable bonds is 9. The maximum atomic E-state index is 10.8. The highest BCUT2D eigenvalue weighted by atomic mass is 16.3. The predicted octanol–water partition coefficient (Wildman–Crippen LogP) is 8.97. The number of hydrogen-bond acceptors (Lipinski definition) is 1. The van der Waals surface area contributed by atoms with Crippen molar-refractivity contribution in [2.24, 2.45) is 5.92 Å². The molecule has 1 aliphatic carbocycles. The van der Waals surface area contributed by atoms with Gasteiger partial charge in [-0.1, -0.05) is 135 Å². The summed E-state index contributed by atoms with van der Waals surface area (Å²) in [7, 11) is 0. The van der Waals surface area contributed by atoms with Gasteiger partial charge in [0.2, 0.25) is 0 Å². The van der Waals surface area contributed by atoms with Crippen LogP contribution in [0.2, 0.25) is 0 Å². The van der Waals surface area contributed by atoms with Gasteiger partial charge in [0, 0.05) is 0 Å². The molecule has 0 aromatic heterocycles. The van der Waals surface area contributed by atoms with E-state index in [0.29, 0.717) is 5.92 Å². The van der Waals surface area contributed by atoms with E-state index < -0.39 is 0 Å². The highest BCUT2D eigenvalue weighted by Gasteiger charge is 2.18. The molecule has 1 heteroatoms. The fourth-order valence-electron chi connectivity index (χ4n) is 4.83. The molecule has 0 saturated heterocycles. The van der Waals surface area contributed by atoms with Crippen molar-refractivity contribution in [2.45, 2.75) is 161 Å². The first kappa shape index (κ1) is 25.0. The van der Waals surface area contributed by atoms with E-state index in [4.69, 9.17) is 0 Å². The van der Waals surface area contributed by atoms with Gasteiger partial charge in [-0.25, -0.2) is 0 Å². The van der Waals surface area contributed by atoms with Crippen molar-refractivity contribution in [3.8, 4) is 0 Å². The Morgan fingerprint density at radius 3 is 1.44 bits per heavy atom. The highest BCUT2D eigenvalue weighted by Crippen LogP contribution is 2.26. The summed E-state index contributed by atoms with van der Waals surface area (Å²) in [5.74, 6) is 0.581. The van der Waals surface area contributed by atoms with Crippen LogP contribution in [0.25, 0.3) is 0 Å². The third-order valence-electron chi connectivity index (χ3n) is 6.80. The highest BCUT2D eigenvalue weighted by molar-refractivity contribution is 4.70. The molecule has 1 rings (SSSR count). The monoisotopic (exact) mass is 380 g/mol. The van der Waals surface area contributed by atoms with E-state index in [0.717, 1.165) is 6.42 Å². The first-order chi connectivity index (χ1) is 13.3. The Kier molecular flexibility index (Phi) is 17.9. The van der Waals surface area contributed by atoms with Gasteiger partial charge in [0.05, 0.1) is 6.10 Å². The Bertz CT molecular complexity index is 288. The fourth-order valence-corrected chi connectivity index (χ4v) is 4.83. The van der Waals surface area contributed by atoms with Crippen molar-refractivity contribution in [1.29, 1.82) is 0 Å². The van der Waals surface area contributed by atoms with E-state index in [1.54, 1.807) is 0 Å². The summed E-state index contributed by atoms with van der Waals surface area (Å²) >= 11 is 0. The van der Waals surface area contributed by atoms with E-state index in [9.17, 15) is 5.11 Å². The molecule has 0 aromatic rings. The zero-order chi connectivity index (χ0) is 19.4. The molecular formula is C26H52O. The third-order valence-corrected chi connectivity index (χ3v) is 6.80. The smallest absolute Gasteiger partial charge is 0.0568 e. The molecule has 1 N–H and O–H groups in total. The summed E-state index contributed by atoms with van der Waals surface area (Å²) < 4.78 is 0. The van der Waals surface area contributed by atoms with Gasteiger partial charge in [-0.15, -0.1) is 0 Å². The molecule has 0 spiro atoms. The largest absolute Gasteiger partial charge is 0.393 e. The summed E-state index contributed by atoms with van der Waals surface area (Å²) in [4.78, 5) is 0. The normalized spacial score (nSPS) is 24.7. The zero-order valence-electron chi connectivity index (χ0n) is 18.9. The van der Waals surface area contributed by atoms with Gasteiger partial charge in [0.1, 0.15) is 0 Å². The molecule has 0 bridgehead atoms. The number of unbranched alkanes of at least 4 members (excludes halogenated alkanes) is 7. The molecule has 0 heterocycles. The van der Waals surface area contributed by atoms with Crippen LogP contribution in [-0.4, -0.2) is 11.2 Å². The Morgan fingerprint density at radius 2 is 0.926 bits per heavy atom.